The summed E-state index contributed by atoms with van der Waals surface area (Å²) in [6, 6.07) is 4.74. The van der Waals surface area contributed by atoms with E-state index in [1.165, 1.54) is 0 Å². The lowest BCUT2D eigenvalue weighted by molar-refractivity contribution is -0.159. The van der Waals surface area contributed by atoms with Gasteiger partial charge in [-0.15, -0.1) is 0 Å². The smallest absolute Gasteiger partial charge is 0.338 e. The van der Waals surface area contributed by atoms with Crippen molar-refractivity contribution in [3.63, 3.8) is 0 Å². The van der Waals surface area contributed by atoms with Crippen molar-refractivity contribution in [2.45, 2.75) is 33.0 Å². The van der Waals surface area contributed by atoms with E-state index in [-0.39, 0.29) is 6.61 Å². The number of hydrogen-bond acceptors (Lipinski definition) is 6. The van der Waals surface area contributed by atoms with Crippen molar-refractivity contribution in [2.24, 2.45) is 0 Å². The van der Waals surface area contributed by atoms with Gasteiger partial charge >= 0.3 is 5.97 Å². The molecule has 0 bridgehead atoms. The molecule has 1 aromatic rings. The van der Waals surface area contributed by atoms with Crippen LogP contribution < -0.4 is 9.47 Å². The van der Waals surface area contributed by atoms with Crippen molar-refractivity contribution in [3.8, 4) is 11.5 Å². The average molecular weight is 298 g/mol. The van der Waals surface area contributed by atoms with Gasteiger partial charge in [-0.3, -0.25) is 0 Å². The van der Waals surface area contributed by atoms with Crippen LogP contribution in [0.4, 0.5) is 0 Å². The van der Waals surface area contributed by atoms with E-state index in [2.05, 4.69) is 4.74 Å². The summed E-state index contributed by atoms with van der Waals surface area (Å²) >= 11 is 0. The summed E-state index contributed by atoms with van der Waals surface area (Å²) in [5, 5.41) is 19.8. The molecule has 0 amide bonds. The van der Waals surface area contributed by atoms with Crippen LogP contribution in [-0.4, -0.2) is 42.1 Å². The zero-order valence-electron chi connectivity index (χ0n) is 12.5. The monoisotopic (exact) mass is 298 g/mol. The van der Waals surface area contributed by atoms with E-state index in [9.17, 15) is 15.0 Å². The highest BCUT2D eigenvalue weighted by molar-refractivity contribution is 5.75. The van der Waals surface area contributed by atoms with Gasteiger partial charge in [-0.05, 0) is 38.5 Å². The molecule has 0 aromatic heterocycles. The van der Waals surface area contributed by atoms with Gasteiger partial charge in [0, 0.05) is 0 Å². The maximum absolute atomic E-state index is 11.4. The molecule has 6 nitrogen and oxygen atoms in total. The fourth-order valence-electron chi connectivity index (χ4n) is 1.79. The summed E-state index contributed by atoms with van der Waals surface area (Å²) in [5.74, 6) is 0.129. The minimum atomic E-state index is -1.64. The molecule has 1 aromatic carbocycles. The Bertz CT molecular complexity index is 459. The third kappa shape index (κ3) is 4.61. The Labute approximate surface area is 124 Å². The standard InChI is InChI=1S/C15H22O6/c1-4-19-11-8-7-10(9-12(11)20-5-2)13(16)14(17)15(18)21-6-3/h7-9,13-14,16-17H,4-6H2,1-3H3. The summed E-state index contributed by atoms with van der Waals surface area (Å²) in [6.07, 6.45) is -3.03. The van der Waals surface area contributed by atoms with Crippen LogP contribution in [0.1, 0.15) is 32.4 Å². The summed E-state index contributed by atoms with van der Waals surface area (Å²) in [5.41, 5.74) is 0.349. The summed E-state index contributed by atoms with van der Waals surface area (Å²) in [4.78, 5) is 11.4. The number of aliphatic hydroxyl groups is 2. The number of hydrogen-bond donors (Lipinski definition) is 2. The van der Waals surface area contributed by atoms with E-state index in [0.717, 1.165) is 0 Å². The average Bonchev–Trinajstić information content (AvgIpc) is 2.48. The number of esters is 1. The van der Waals surface area contributed by atoms with Gasteiger partial charge in [-0.25, -0.2) is 4.79 Å². The Balaban J connectivity index is 2.96. The lowest BCUT2D eigenvalue weighted by Gasteiger charge is -2.18. The normalized spacial score (nSPS) is 13.4. The van der Waals surface area contributed by atoms with E-state index in [1.807, 2.05) is 13.8 Å². The molecule has 0 aliphatic heterocycles. The Morgan fingerprint density at radius 2 is 1.67 bits per heavy atom. The van der Waals surface area contributed by atoms with Gasteiger partial charge in [-0.1, -0.05) is 6.07 Å². The van der Waals surface area contributed by atoms with E-state index >= 15 is 0 Å². The molecule has 0 aliphatic carbocycles. The van der Waals surface area contributed by atoms with Crippen LogP contribution in [-0.2, 0) is 9.53 Å². The van der Waals surface area contributed by atoms with Crippen LogP contribution in [0.3, 0.4) is 0 Å². The van der Waals surface area contributed by atoms with Gasteiger partial charge in [0.05, 0.1) is 19.8 Å². The number of carbonyl (C=O) groups excluding carboxylic acids is 1. The Morgan fingerprint density at radius 3 is 2.24 bits per heavy atom. The van der Waals surface area contributed by atoms with Crippen molar-refractivity contribution in [1.29, 1.82) is 0 Å². The predicted molar refractivity (Wildman–Crippen MR) is 76.4 cm³/mol. The van der Waals surface area contributed by atoms with Gasteiger partial charge in [0.15, 0.2) is 17.6 Å². The zero-order chi connectivity index (χ0) is 15.8. The molecule has 6 heteroatoms. The highest BCUT2D eigenvalue weighted by Gasteiger charge is 2.27. The first-order chi connectivity index (χ1) is 10.0. The number of carbonyl (C=O) groups is 1. The molecule has 2 atom stereocenters. The zero-order valence-corrected chi connectivity index (χ0v) is 12.5. The molecule has 2 unspecified atom stereocenters. The number of ether oxygens (including phenoxy) is 3. The van der Waals surface area contributed by atoms with Crippen LogP contribution in [0.15, 0.2) is 18.2 Å². The quantitative estimate of drug-likeness (QED) is 0.706. The van der Waals surface area contributed by atoms with Crippen LogP contribution in [0.5, 0.6) is 11.5 Å². The predicted octanol–water partition coefficient (Wildman–Crippen LogP) is 1.44. The molecule has 118 valence electrons. The number of aliphatic hydroxyl groups excluding tert-OH is 2. The highest BCUT2D eigenvalue weighted by atomic mass is 16.5. The first-order valence-corrected chi connectivity index (χ1v) is 6.97. The van der Waals surface area contributed by atoms with Gasteiger partial charge in [-0.2, -0.15) is 0 Å². The largest absolute Gasteiger partial charge is 0.490 e. The van der Waals surface area contributed by atoms with Crippen LogP contribution >= 0.6 is 0 Å². The van der Waals surface area contributed by atoms with Gasteiger partial charge < -0.3 is 24.4 Å². The van der Waals surface area contributed by atoms with Crippen LogP contribution in [0.2, 0.25) is 0 Å². The fourth-order valence-corrected chi connectivity index (χ4v) is 1.79. The third-order valence-corrected chi connectivity index (χ3v) is 2.74. The molecule has 0 heterocycles. The molecule has 0 radical (unpaired) electrons. The van der Waals surface area contributed by atoms with E-state index in [4.69, 9.17) is 9.47 Å². The Hall–Kier alpha value is -1.79. The highest BCUT2D eigenvalue weighted by Crippen LogP contribution is 2.31. The molecule has 0 saturated carbocycles. The second kappa shape index (κ2) is 8.49. The fraction of sp³-hybridized carbons (Fsp3) is 0.533. The summed E-state index contributed by atoms with van der Waals surface area (Å²) in [6.45, 7) is 6.35. The van der Waals surface area contributed by atoms with Crippen molar-refractivity contribution in [1.82, 2.24) is 0 Å². The first kappa shape index (κ1) is 17.3. The first-order valence-electron chi connectivity index (χ1n) is 6.97. The van der Waals surface area contributed by atoms with E-state index in [1.54, 1.807) is 25.1 Å². The molecular formula is C15H22O6. The molecule has 21 heavy (non-hydrogen) atoms. The Kier molecular flexibility index (Phi) is 6.98. The molecular weight excluding hydrogens is 276 g/mol. The number of rotatable bonds is 8. The summed E-state index contributed by atoms with van der Waals surface area (Å²) < 4.78 is 15.5. The van der Waals surface area contributed by atoms with Crippen molar-refractivity contribution in [3.05, 3.63) is 23.8 Å². The van der Waals surface area contributed by atoms with Crippen LogP contribution in [0, 0.1) is 0 Å². The van der Waals surface area contributed by atoms with Gasteiger partial charge in [0.1, 0.15) is 6.10 Å². The SMILES string of the molecule is CCOC(=O)C(O)C(O)c1ccc(OCC)c(OCC)c1. The lowest BCUT2D eigenvalue weighted by Crippen LogP contribution is -2.29. The van der Waals surface area contributed by atoms with Crippen molar-refractivity contribution >= 4 is 5.97 Å². The molecule has 0 fully saturated rings. The van der Waals surface area contributed by atoms with E-state index in [0.29, 0.717) is 30.3 Å². The summed E-state index contributed by atoms with van der Waals surface area (Å²) in [7, 11) is 0. The molecule has 0 spiro atoms. The minimum absolute atomic E-state index is 0.135. The Morgan fingerprint density at radius 1 is 1.05 bits per heavy atom. The topological polar surface area (TPSA) is 85.2 Å². The van der Waals surface area contributed by atoms with Gasteiger partial charge in [0.25, 0.3) is 0 Å². The maximum Gasteiger partial charge on any atom is 0.338 e. The molecule has 1 rings (SSSR count). The maximum atomic E-state index is 11.4. The van der Waals surface area contributed by atoms with Crippen molar-refractivity contribution in [2.75, 3.05) is 19.8 Å². The number of benzene rings is 1. The second-order valence-electron chi connectivity index (χ2n) is 4.21. The molecule has 2 N–H and O–H groups in total. The molecule has 0 aliphatic rings. The second-order valence-corrected chi connectivity index (χ2v) is 4.21. The lowest BCUT2D eigenvalue weighted by atomic mass is 10.0. The van der Waals surface area contributed by atoms with Crippen molar-refractivity contribution < 1.29 is 29.2 Å². The van der Waals surface area contributed by atoms with E-state index < -0.39 is 18.2 Å². The van der Waals surface area contributed by atoms with Crippen LogP contribution in [0.25, 0.3) is 0 Å². The van der Waals surface area contributed by atoms with Gasteiger partial charge in [0.2, 0.25) is 0 Å². The minimum Gasteiger partial charge on any atom is -0.490 e. The third-order valence-electron chi connectivity index (χ3n) is 2.74. The molecule has 0 saturated heterocycles.